The number of nitrogens with zero attached hydrogens (tertiary/aromatic N) is 4. The minimum atomic E-state index is -3.30. The predicted octanol–water partition coefficient (Wildman–Crippen LogP) is 2.98. The number of amides is 1. The number of aromatic nitrogens is 3. The van der Waals surface area contributed by atoms with Crippen LogP contribution in [-0.2, 0) is 20.3 Å². The van der Waals surface area contributed by atoms with E-state index in [4.69, 9.17) is 9.47 Å². The first-order chi connectivity index (χ1) is 15.8. The molecule has 1 saturated heterocycles. The quantitative estimate of drug-likeness (QED) is 0.556. The summed E-state index contributed by atoms with van der Waals surface area (Å²) in [4.78, 5) is 28.1. The summed E-state index contributed by atoms with van der Waals surface area (Å²) >= 11 is 1.17. The number of benzene rings is 1. The molecule has 10 nitrogen and oxygen atoms in total. The van der Waals surface area contributed by atoms with Gasteiger partial charge in [0.2, 0.25) is 0 Å². The summed E-state index contributed by atoms with van der Waals surface area (Å²) in [6.45, 7) is 3.77. The third-order valence-corrected chi connectivity index (χ3v) is 6.46. The van der Waals surface area contributed by atoms with Crippen LogP contribution in [0, 0.1) is 0 Å². The number of rotatable bonds is 6. The molecule has 0 unspecified atom stereocenters. The minimum Gasteiger partial charge on any atom is -0.410 e. The van der Waals surface area contributed by atoms with Gasteiger partial charge < -0.3 is 14.4 Å². The van der Waals surface area contributed by atoms with Gasteiger partial charge in [0, 0.05) is 18.9 Å². The van der Waals surface area contributed by atoms with E-state index >= 15 is 0 Å². The standard InChI is InChI=1S/C21H23N5O5S2/c1-14-12-30-9-8-26(14)18-10-15(13-33(2,28)29)23-19(24-18)17-11-22-20(32-17)25-21(27)31-16-6-4-3-5-7-16/h3-7,10-11,14H,8-9,12-13H2,1-2H3,(H,22,25,27)/t14-/m0/s1. The van der Waals surface area contributed by atoms with Crippen molar-refractivity contribution in [2.75, 3.05) is 36.2 Å². The number of para-hydroxylation sites is 1. The van der Waals surface area contributed by atoms with E-state index in [2.05, 4.69) is 25.2 Å². The highest BCUT2D eigenvalue weighted by Crippen LogP contribution is 2.29. The highest BCUT2D eigenvalue weighted by molar-refractivity contribution is 7.89. The number of sulfone groups is 1. The number of nitrogens with one attached hydrogen (secondary N) is 1. The van der Waals surface area contributed by atoms with Crippen molar-refractivity contribution < 1.29 is 22.7 Å². The maximum atomic E-state index is 12.2. The molecular weight excluding hydrogens is 466 g/mol. The van der Waals surface area contributed by atoms with Crippen molar-refractivity contribution in [2.24, 2.45) is 0 Å². The number of hydrogen-bond donors (Lipinski definition) is 1. The largest absolute Gasteiger partial charge is 0.418 e. The van der Waals surface area contributed by atoms with Crippen LogP contribution in [0.1, 0.15) is 12.6 Å². The second-order valence-electron chi connectivity index (χ2n) is 7.59. The smallest absolute Gasteiger partial charge is 0.410 e. The molecule has 1 aromatic carbocycles. The molecule has 0 bridgehead atoms. The average molecular weight is 490 g/mol. The molecule has 2 aromatic heterocycles. The Labute approximate surface area is 195 Å². The molecule has 3 aromatic rings. The molecule has 1 amide bonds. The van der Waals surface area contributed by atoms with Gasteiger partial charge >= 0.3 is 6.09 Å². The number of morpholine rings is 1. The summed E-state index contributed by atoms with van der Waals surface area (Å²) in [7, 11) is -3.30. The predicted molar refractivity (Wildman–Crippen MR) is 125 cm³/mol. The van der Waals surface area contributed by atoms with Gasteiger partial charge in [-0.1, -0.05) is 29.5 Å². The fourth-order valence-electron chi connectivity index (χ4n) is 3.29. The van der Waals surface area contributed by atoms with Crippen molar-refractivity contribution in [3.05, 3.63) is 48.3 Å². The molecular formula is C21H23N5O5S2. The van der Waals surface area contributed by atoms with Gasteiger partial charge in [0.1, 0.15) is 11.6 Å². The Morgan fingerprint density at radius 2 is 2.09 bits per heavy atom. The monoisotopic (exact) mass is 489 g/mol. The topological polar surface area (TPSA) is 124 Å². The molecule has 0 saturated carbocycles. The van der Waals surface area contributed by atoms with E-state index in [0.717, 1.165) is 0 Å². The Balaban J connectivity index is 1.58. The number of hydrogen-bond acceptors (Lipinski definition) is 10. The van der Waals surface area contributed by atoms with E-state index < -0.39 is 15.9 Å². The third kappa shape index (κ3) is 6.24. The normalized spacial score (nSPS) is 16.4. The molecule has 33 heavy (non-hydrogen) atoms. The van der Waals surface area contributed by atoms with Crippen LogP contribution < -0.4 is 15.0 Å². The summed E-state index contributed by atoms with van der Waals surface area (Å²) in [5, 5.41) is 2.90. The minimum absolute atomic E-state index is 0.0824. The van der Waals surface area contributed by atoms with Crippen molar-refractivity contribution in [3.63, 3.8) is 0 Å². The van der Waals surface area contributed by atoms with Crippen LogP contribution >= 0.6 is 11.3 Å². The molecule has 0 aliphatic carbocycles. The van der Waals surface area contributed by atoms with Crippen molar-refractivity contribution in [2.45, 2.75) is 18.7 Å². The molecule has 1 fully saturated rings. The lowest BCUT2D eigenvalue weighted by Crippen LogP contribution is -2.44. The summed E-state index contributed by atoms with van der Waals surface area (Å²) in [5.74, 6) is 1.17. The van der Waals surface area contributed by atoms with Crippen LogP contribution in [0.4, 0.5) is 15.7 Å². The molecule has 1 aliphatic rings. The van der Waals surface area contributed by atoms with Gasteiger partial charge in [-0.15, -0.1) is 0 Å². The zero-order valence-electron chi connectivity index (χ0n) is 18.1. The number of thiazole rings is 1. The Kier molecular flexibility index (Phi) is 6.86. The van der Waals surface area contributed by atoms with Crippen molar-refractivity contribution in [1.82, 2.24) is 15.0 Å². The lowest BCUT2D eigenvalue weighted by atomic mass is 10.2. The van der Waals surface area contributed by atoms with Crippen molar-refractivity contribution in [3.8, 4) is 16.5 Å². The van der Waals surface area contributed by atoms with Crippen LogP contribution in [0.3, 0.4) is 0 Å². The molecule has 3 heterocycles. The lowest BCUT2D eigenvalue weighted by Gasteiger charge is -2.34. The molecule has 0 spiro atoms. The highest BCUT2D eigenvalue weighted by Gasteiger charge is 2.23. The first-order valence-corrected chi connectivity index (χ1v) is 13.0. The number of ether oxygens (including phenoxy) is 2. The molecule has 174 valence electrons. The Hall–Kier alpha value is -3.09. The summed E-state index contributed by atoms with van der Waals surface area (Å²) < 4.78 is 34.5. The maximum absolute atomic E-state index is 12.2. The highest BCUT2D eigenvalue weighted by atomic mass is 32.2. The second-order valence-corrected chi connectivity index (χ2v) is 10.8. The molecule has 1 aliphatic heterocycles. The van der Waals surface area contributed by atoms with Gasteiger partial charge in [0.05, 0.1) is 41.8 Å². The Morgan fingerprint density at radius 3 is 2.82 bits per heavy atom. The van der Waals surface area contributed by atoms with E-state index in [9.17, 15) is 13.2 Å². The van der Waals surface area contributed by atoms with Crippen molar-refractivity contribution in [1.29, 1.82) is 0 Å². The third-order valence-electron chi connectivity index (χ3n) is 4.73. The van der Waals surface area contributed by atoms with Gasteiger partial charge in [-0.2, -0.15) is 0 Å². The number of carbonyl (C=O) groups excluding carboxylic acids is 1. The van der Waals surface area contributed by atoms with Crippen LogP contribution in [0.2, 0.25) is 0 Å². The lowest BCUT2D eigenvalue weighted by molar-refractivity contribution is 0.0985. The van der Waals surface area contributed by atoms with Crippen LogP contribution in [-0.4, -0.2) is 61.5 Å². The first-order valence-electron chi connectivity index (χ1n) is 10.2. The van der Waals surface area contributed by atoms with E-state index in [1.807, 2.05) is 13.0 Å². The average Bonchev–Trinajstić information content (AvgIpc) is 3.21. The molecule has 12 heteroatoms. The number of carbonyl (C=O) groups is 1. The zero-order chi connectivity index (χ0) is 23.4. The van der Waals surface area contributed by atoms with Crippen molar-refractivity contribution >= 4 is 38.2 Å². The zero-order valence-corrected chi connectivity index (χ0v) is 19.7. The summed E-state index contributed by atoms with van der Waals surface area (Å²) in [6, 6.07) is 10.5. The van der Waals surface area contributed by atoms with Crippen LogP contribution in [0.15, 0.2) is 42.6 Å². The SMILES string of the molecule is C[C@H]1COCCN1c1cc(CS(C)(=O)=O)nc(-c2cnc(NC(=O)Oc3ccccc3)s2)n1. The van der Waals surface area contributed by atoms with Gasteiger partial charge in [-0.05, 0) is 19.1 Å². The molecule has 1 N–H and O–H groups in total. The van der Waals surface area contributed by atoms with E-state index in [0.29, 0.717) is 52.9 Å². The molecule has 4 rings (SSSR count). The van der Waals surface area contributed by atoms with Crippen LogP contribution in [0.25, 0.3) is 10.7 Å². The molecule has 0 radical (unpaired) electrons. The fraction of sp³-hybridized carbons (Fsp3) is 0.333. The fourth-order valence-corrected chi connectivity index (χ4v) is 4.72. The first kappa shape index (κ1) is 23.1. The maximum Gasteiger partial charge on any atom is 0.418 e. The van der Waals surface area contributed by atoms with E-state index in [1.54, 1.807) is 30.3 Å². The van der Waals surface area contributed by atoms with E-state index in [1.165, 1.54) is 23.8 Å². The second kappa shape index (κ2) is 9.81. The van der Waals surface area contributed by atoms with Gasteiger partial charge in [-0.25, -0.2) is 28.2 Å². The van der Waals surface area contributed by atoms with Gasteiger partial charge in [-0.3, -0.25) is 5.32 Å². The Morgan fingerprint density at radius 1 is 1.30 bits per heavy atom. The van der Waals surface area contributed by atoms with E-state index in [-0.39, 0.29) is 11.8 Å². The summed E-state index contributed by atoms with van der Waals surface area (Å²) in [6.07, 6.45) is 2.03. The summed E-state index contributed by atoms with van der Waals surface area (Å²) in [5.41, 5.74) is 0.391. The molecule has 1 atom stereocenters. The number of anilines is 2. The van der Waals surface area contributed by atoms with Gasteiger partial charge in [0.25, 0.3) is 0 Å². The Bertz CT molecular complexity index is 1230. The van der Waals surface area contributed by atoms with Gasteiger partial charge in [0.15, 0.2) is 20.8 Å². The van der Waals surface area contributed by atoms with Crippen LogP contribution in [0.5, 0.6) is 5.75 Å².